The van der Waals surface area contributed by atoms with E-state index in [9.17, 15) is 29.7 Å². The summed E-state index contributed by atoms with van der Waals surface area (Å²) >= 11 is 0. The van der Waals surface area contributed by atoms with E-state index in [0.717, 1.165) is 10.9 Å². The van der Waals surface area contributed by atoms with E-state index in [4.69, 9.17) is 9.47 Å². The van der Waals surface area contributed by atoms with E-state index < -0.39 is 54.0 Å². The number of aliphatic hydroxyl groups is 3. The van der Waals surface area contributed by atoms with E-state index in [0.29, 0.717) is 0 Å². The maximum atomic E-state index is 12.8. The number of nitrogens with zero attached hydrogens (tertiary/aromatic N) is 2. The molecular formula is C14H18N4O8. The number of H-pyrrole nitrogens is 2. The Bertz CT molecular complexity index is 946. The molecule has 1 fully saturated rings. The number of hydrogen-bond acceptors (Lipinski definition) is 9. The maximum Gasteiger partial charge on any atom is 0.363 e. The van der Waals surface area contributed by atoms with Crippen molar-refractivity contribution in [2.75, 3.05) is 6.61 Å². The number of hydrogen-bond donors (Lipinski definition) is 5. The van der Waals surface area contributed by atoms with E-state index in [1.54, 1.807) is 13.8 Å². The zero-order chi connectivity index (χ0) is 19.2. The molecule has 0 spiro atoms. The van der Waals surface area contributed by atoms with Crippen LogP contribution in [0.25, 0.3) is 11.2 Å². The summed E-state index contributed by atoms with van der Waals surface area (Å²) in [6, 6.07) is 0. The van der Waals surface area contributed by atoms with Gasteiger partial charge in [-0.1, -0.05) is 0 Å². The predicted octanol–water partition coefficient (Wildman–Crippen LogP) is -2.87. The predicted molar refractivity (Wildman–Crippen MR) is 84.1 cm³/mol. The molecule has 1 saturated heterocycles. The van der Waals surface area contributed by atoms with Crippen LogP contribution >= 0.6 is 0 Å². The molecule has 26 heavy (non-hydrogen) atoms. The zero-order valence-electron chi connectivity index (χ0n) is 13.9. The van der Waals surface area contributed by atoms with Gasteiger partial charge in [-0.05, 0) is 13.8 Å². The molecule has 1 aliphatic rings. The number of aromatic nitrogens is 4. The Morgan fingerprint density at radius 2 is 2.12 bits per heavy atom. The van der Waals surface area contributed by atoms with Crippen LogP contribution in [0, 0.1) is 0 Å². The number of carbonyl (C=O) groups excluding carboxylic acids is 1. The number of aliphatic hydroxyl groups excluding tert-OH is 3. The number of carbonyl (C=O) groups is 1. The van der Waals surface area contributed by atoms with Gasteiger partial charge in [0.15, 0.2) is 5.52 Å². The lowest BCUT2D eigenvalue weighted by molar-refractivity contribution is -0.203. The van der Waals surface area contributed by atoms with Crippen LogP contribution in [0.1, 0.15) is 13.8 Å². The molecule has 142 valence electrons. The summed E-state index contributed by atoms with van der Waals surface area (Å²) in [4.78, 5) is 44.4. The Hall–Kier alpha value is -2.54. The van der Waals surface area contributed by atoms with Crippen LogP contribution < -0.4 is 11.2 Å². The largest absolute Gasteiger partial charge is 0.459 e. The van der Waals surface area contributed by atoms with Crippen molar-refractivity contribution in [3.63, 3.8) is 0 Å². The highest BCUT2D eigenvalue weighted by Crippen LogP contribution is 2.38. The zero-order valence-corrected chi connectivity index (χ0v) is 13.9. The normalized spacial score (nSPS) is 28.8. The molecule has 0 radical (unpaired) electrons. The fraction of sp³-hybridized carbons (Fsp3) is 0.571. The average molecular weight is 370 g/mol. The maximum absolute atomic E-state index is 12.8. The van der Waals surface area contributed by atoms with Gasteiger partial charge in [-0.2, -0.15) is 0 Å². The Balaban J connectivity index is 2.28. The standard InChI is InChI=1S/C14H18N4O8/c1-5(2)25-12(23)14(9(21)8(20)6(3-19)26-14)18-4-15-7-10(18)16-13(24)17-11(7)22/h4-6,8-9,19-21H,3H2,1-2H3,(H2,16,17,22,24)/t6-,8-,9-,14+/m1/s1. The minimum Gasteiger partial charge on any atom is -0.459 e. The third-order valence-corrected chi connectivity index (χ3v) is 4.05. The van der Waals surface area contributed by atoms with Crippen LogP contribution in [0.2, 0.25) is 0 Å². The minimum atomic E-state index is -2.36. The Morgan fingerprint density at radius 3 is 2.69 bits per heavy atom. The molecule has 1 aliphatic heterocycles. The van der Waals surface area contributed by atoms with Crippen molar-refractivity contribution >= 4 is 17.1 Å². The Kier molecular flexibility index (Phi) is 4.44. The molecule has 0 amide bonds. The van der Waals surface area contributed by atoms with Crippen LogP contribution in [-0.2, 0) is 20.0 Å². The molecule has 2 aromatic heterocycles. The number of imidazole rings is 1. The summed E-state index contributed by atoms with van der Waals surface area (Å²) in [7, 11) is 0. The van der Waals surface area contributed by atoms with E-state index in [1.165, 1.54) is 0 Å². The lowest BCUT2D eigenvalue weighted by atomic mass is 10.0. The van der Waals surface area contributed by atoms with Gasteiger partial charge in [0.2, 0.25) is 0 Å². The van der Waals surface area contributed by atoms with Gasteiger partial charge in [-0.3, -0.25) is 19.3 Å². The molecule has 4 atom stereocenters. The second-order valence-corrected chi connectivity index (χ2v) is 6.14. The van der Waals surface area contributed by atoms with Crippen molar-refractivity contribution in [2.24, 2.45) is 0 Å². The summed E-state index contributed by atoms with van der Waals surface area (Å²) < 4.78 is 11.5. The quantitative estimate of drug-likeness (QED) is 0.353. The van der Waals surface area contributed by atoms with Gasteiger partial charge in [-0.25, -0.2) is 14.6 Å². The molecule has 0 bridgehead atoms. The van der Waals surface area contributed by atoms with Crippen LogP contribution in [0.15, 0.2) is 15.9 Å². The lowest BCUT2D eigenvalue weighted by Crippen LogP contribution is -2.53. The Morgan fingerprint density at radius 1 is 1.42 bits per heavy atom. The van der Waals surface area contributed by atoms with Gasteiger partial charge >= 0.3 is 11.7 Å². The number of aromatic amines is 2. The highest BCUT2D eigenvalue weighted by molar-refractivity contribution is 5.82. The number of nitrogens with one attached hydrogen (secondary N) is 2. The molecule has 0 aromatic carbocycles. The smallest absolute Gasteiger partial charge is 0.363 e. The van der Waals surface area contributed by atoms with Gasteiger partial charge < -0.3 is 24.8 Å². The third-order valence-electron chi connectivity index (χ3n) is 4.05. The minimum absolute atomic E-state index is 0.218. The van der Waals surface area contributed by atoms with Gasteiger partial charge in [0, 0.05) is 0 Å². The summed E-state index contributed by atoms with van der Waals surface area (Å²) in [6.07, 6.45) is -4.42. The molecule has 0 aliphatic carbocycles. The van der Waals surface area contributed by atoms with E-state index >= 15 is 0 Å². The topological polar surface area (TPSA) is 180 Å². The van der Waals surface area contributed by atoms with E-state index in [-0.39, 0.29) is 11.2 Å². The monoisotopic (exact) mass is 370 g/mol. The number of rotatable bonds is 4. The molecule has 0 saturated carbocycles. The SMILES string of the molecule is CC(C)OC(=O)[C@@]1(n2cnc3c(=O)[nH]c(=O)[nH]c32)O[C@H](CO)[C@@H](O)[C@H]1O. The van der Waals surface area contributed by atoms with Gasteiger partial charge in [0.25, 0.3) is 11.3 Å². The summed E-state index contributed by atoms with van der Waals surface area (Å²) in [5.41, 5.74) is -4.49. The molecule has 3 rings (SSSR count). The molecule has 5 N–H and O–H groups in total. The number of ether oxygens (including phenoxy) is 2. The van der Waals surface area contributed by atoms with Crippen molar-refractivity contribution in [1.82, 2.24) is 19.5 Å². The van der Waals surface area contributed by atoms with Crippen molar-refractivity contribution in [1.29, 1.82) is 0 Å². The first kappa shape index (κ1) is 18.3. The van der Waals surface area contributed by atoms with Crippen molar-refractivity contribution in [2.45, 2.75) is 44.0 Å². The van der Waals surface area contributed by atoms with Gasteiger partial charge in [0.1, 0.15) is 30.3 Å². The molecule has 12 heteroatoms. The summed E-state index contributed by atoms with van der Waals surface area (Å²) in [5, 5.41) is 30.1. The second kappa shape index (κ2) is 6.32. The second-order valence-electron chi connectivity index (χ2n) is 6.14. The van der Waals surface area contributed by atoms with E-state index in [2.05, 4.69) is 9.97 Å². The van der Waals surface area contributed by atoms with Crippen molar-refractivity contribution < 1.29 is 29.6 Å². The van der Waals surface area contributed by atoms with E-state index in [1.807, 2.05) is 4.98 Å². The summed E-state index contributed by atoms with van der Waals surface area (Å²) in [6.45, 7) is 2.43. The van der Waals surface area contributed by atoms with Crippen molar-refractivity contribution in [3.8, 4) is 0 Å². The van der Waals surface area contributed by atoms with Gasteiger partial charge in [0.05, 0.1) is 12.7 Å². The number of esters is 1. The van der Waals surface area contributed by atoms with Crippen LogP contribution in [0.3, 0.4) is 0 Å². The molecule has 3 heterocycles. The first-order valence-electron chi connectivity index (χ1n) is 7.78. The van der Waals surface area contributed by atoms with Crippen LogP contribution in [-0.4, -0.2) is 71.8 Å². The molecule has 0 unspecified atom stereocenters. The highest BCUT2D eigenvalue weighted by atomic mass is 16.6. The van der Waals surface area contributed by atoms with Gasteiger partial charge in [-0.15, -0.1) is 0 Å². The molecular weight excluding hydrogens is 352 g/mol. The summed E-state index contributed by atoms with van der Waals surface area (Å²) in [5.74, 6) is -1.09. The highest BCUT2D eigenvalue weighted by Gasteiger charge is 2.62. The van der Waals surface area contributed by atoms with Crippen LogP contribution in [0.5, 0.6) is 0 Å². The third kappa shape index (κ3) is 2.54. The number of fused-ring (bicyclic) bond motifs is 1. The first-order chi connectivity index (χ1) is 12.2. The molecule has 2 aromatic rings. The van der Waals surface area contributed by atoms with Crippen LogP contribution in [0.4, 0.5) is 0 Å². The average Bonchev–Trinajstić information content (AvgIpc) is 3.08. The molecule has 12 nitrogen and oxygen atoms in total. The lowest BCUT2D eigenvalue weighted by Gasteiger charge is -2.31. The van der Waals surface area contributed by atoms with Crippen molar-refractivity contribution in [3.05, 3.63) is 27.2 Å². The fourth-order valence-electron chi connectivity index (χ4n) is 2.90. The Labute approximate surface area is 145 Å². The fourth-order valence-corrected chi connectivity index (χ4v) is 2.90. The first-order valence-corrected chi connectivity index (χ1v) is 7.78.